The van der Waals surface area contributed by atoms with Crippen LogP contribution in [0.3, 0.4) is 0 Å². The number of esters is 1. The number of ether oxygens (including phenoxy) is 2. The van der Waals surface area contributed by atoms with E-state index < -0.39 is 11.6 Å². The Kier molecular flexibility index (Phi) is 4.51. The summed E-state index contributed by atoms with van der Waals surface area (Å²) >= 11 is 0. The SMILES string of the molecule is COCCN1C(=O)CCC1C(=O)OC(C)(C)C. The van der Waals surface area contributed by atoms with Crippen molar-refractivity contribution in [2.75, 3.05) is 20.3 Å². The van der Waals surface area contributed by atoms with Crippen LogP contribution in [0.4, 0.5) is 0 Å². The van der Waals surface area contributed by atoms with Crippen molar-refractivity contribution in [3.05, 3.63) is 0 Å². The van der Waals surface area contributed by atoms with Crippen molar-refractivity contribution in [2.24, 2.45) is 0 Å². The van der Waals surface area contributed by atoms with E-state index >= 15 is 0 Å². The largest absolute Gasteiger partial charge is 0.458 e. The average molecular weight is 243 g/mol. The van der Waals surface area contributed by atoms with E-state index in [1.807, 2.05) is 20.8 Å². The van der Waals surface area contributed by atoms with E-state index in [1.54, 1.807) is 12.0 Å². The number of rotatable bonds is 4. The highest BCUT2D eigenvalue weighted by Crippen LogP contribution is 2.21. The van der Waals surface area contributed by atoms with E-state index in [0.29, 0.717) is 26.0 Å². The van der Waals surface area contributed by atoms with Gasteiger partial charge in [0.2, 0.25) is 5.91 Å². The molecule has 1 aliphatic heterocycles. The number of carbonyl (C=O) groups is 2. The lowest BCUT2D eigenvalue weighted by atomic mass is 10.1. The summed E-state index contributed by atoms with van der Waals surface area (Å²) < 4.78 is 10.2. The van der Waals surface area contributed by atoms with Crippen molar-refractivity contribution in [1.29, 1.82) is 0 Å². The molecular weight excluding hydrogens is 222 g/mol. The van der Waals surface area contributed by atoms with Crippen molar-refractivity contribution in [3.8, 4) is 0 Å². The van der Waals surface area contributed by atoms with E-state index in [-0.39, 0.29) is 11.9 Å². The minimum absolute atomic E-state index is 0.00194. The van der Waals surface area contributed by atoms with E-state index in [0.717, 1.165) is 0 Å². The Morgan fingerprint density at radius 2 is 2.12 bits per heavy atom. The molecule has 0 aliphatic carbocycles. The van der Waals surface area contributed by atoms with Crippen LogP contribution in [-0.4, -0.2) is 48.7 Å². The van der Waals surface area contributed by atoms with Gasteiger partial charge >= 0.3 is 5.97 Å². The monoisotopic (exact) mass is 243 g/mol. The first-order valence-electron chi connectivity index (χ1n) is 5.86. The Morgan fingerprint density at radius 3 is 2.65 bits per heavy atom. The molecule has 1 atom stereocenters. The van der Waals surface area contributed by atoms with Gasteiger partial charge in [0.15, 0.2) is 0 Å². The number of likely N-dealkylation sites (tertiary alicyclic amines) is 1. The van der Waals surface area contributed by atoms with Gasteiger partial charge in [-0.3, -0.25) is 4.79 Å². The van der Waals surface area contributed by atoms with E-state index in [1.165, 1.54) is 0 Å². The summed E-state index contributed by atoms with van der Waals surface area (Å²) in [5.74, 6) is -0.322. The molecule has 0 aromatic heterocycles. The molecule has 0 aromatic rings. The molecule has 1 heterocycles. The lowest BCUT2D eigenvalue weighted by molar-refractivity contribution is -0.162. The number of hydrogen-bond donors (Lipinski definition) is 0. The molecule has 5 heteroatoms. The molecule has 0 aromatic carbocycles. The quantitative estimate of drug-likeness (QED) is 0.690. The minimum atomic E-state index is -0.518. The third kappa shape index (κ3) is 4.00. The van der Waals surface area contributed by atoms with Crippen LogP contribution in [0.1, 0.15) is 33.6 Å². The molecule has 1 amide bonds. The Hall–Kier alpha value is -1.10. The van der Waals surface area contributed by atoms with Gasteiger partial charge in [-0.2, -0.15) is 0 Å². The molecule has 17 heavy (non-hydrogen) atoms. The fourth-order valence-electron chi connectivity index (χ4n) is 1.82. The predicted octanol–water partition coefficient (Wildman–Crippen LogP) is 0.965. The zero-order valence-corrected chi connectivity index (χ0v) is 11.0. The van der Waals surface area contributed by atoms with Crippen LogP contribution in [0.25, 0.3) is 0 Å². The standard InChI is InChI=1S/C12H21NO4/c1-12(2,3)17-11(15)9-5-6-10(14)13(9)7-8-16-4/h9H,5-8H2,1-4H3. The lowest BCUT2D eigenvalue weighted by Crippen LogP contribution is -2.43. The molecule has 1 aliphatic rings. The molecule has 0 bridgehead atoms. The summed E-state index contributed by atoms with van der Waals surface area (Å²) in [5, 5.41) is 0. The van der Waals surface area contributed by atoms with Crippen molar-refractivity contribution in [3.63, 3.8) is 0 Å². The van der Waals surface area contributed by atoms with Crippen LogP contribution in [0.2, 0.25) is 0 Å². The summed E-state index contributed by atoms with van der Waals surface area (Å²) in [6.45, 7) is 6.34. The molecule has 0 saturated carbocycles. The normalized spacial score (nSPS) is 20.8. The lowest BCUT2D eigenvalue weighted by Gasteiger charge is -2.27. The van der Waals surface area contributed by atoms with E-state index in [2.05, 4.69) is 0 Å². The molecular formula is C12H21NO4. The Morgan fingerprint density at radius 1 is 1.47 bits per heavy atom. The maximum Gasteiger partial charge on any atom is 0.329 e. The third-order valence-corrected chi connectivity index (χ3v) is 2.54. The van der Waals surface area contributed by atoms with Gasteiger partial charge in [0, 0.05) is 20.1 Å². The topological polar surface area (TPSA) is 55.8 Å². The molecule has 0 spiro atoms. The number of nitrogens with zero attached hydrogens (tertiary/aromatic N) is 1. The molecule has 98 valence electrons. The maximum absolute atomic E-state index is 11.9. The molecule has 1 saturated heterocycles. The second-order valence-corrected chi connectivity index (χ2v) is 5.17. The summed E-state index contributed by atoms with van der Waals surface area (Å²) in [4.78, 5) is 25.1. The average Bonchev–Trinajstić information content (AvgIpc) is 2.54. The maximum atomic E-state index is 11.9. The molecule has 0 N–H and O–H groups in total. The fraction of sp³-hybridized carbons (Fsp3) is 0.833. The first-order valence-corrected chi connectivity index (χ1v) is 5.86. The van der Waals surface area contributed by atoms with E-state index in [9.17, 15) is 9.59 Å². The molecule has 5 nitrogen and oxygen atoms in total. The summed E-state index contributed by atoms with van der Waals surface area (Å²) in [6, 6.07) is -0.447. The molecule has 1 unspecified atom stereocenters. The van der Waals surface area contributed by atoms with Crippen LogP contribution in [-0.2, 0) is 19.1 Å². The van der Waals surface area contributed by atoms with Gasteiger partial charge < -0.3 is 14.4 Å². The van der Waals surface area contributed by atoms with Crippen LogP contribution >= 0.6 is 0 Å². The van der Waals surface area contributed by atoms with Crippen molar-refractivity contribution in [1.82, 2.24) is 4.90 Å². The summed E-state index contributed by atoms with van der Waals surface area (Å²) in [5.41, 5.74) is -0.518. The second kappa shape index (κ2) is 5.49. The first kappa shape index (κ1) is 14.0. The fourth-order valence-corrected chi connectivity index (χ4v) is 1.82. The number of hydrogen-bond acceptors (Lipinski definition) is 4. The second-order valence-electron chi connectivity index (χ2n) is 5.17. The van der Waals surface area contributed by atoms with Crippen molar-refractivity contribution in [2.45, 2.75) is 45.3 Å². The Labute approximate surface area is 102 Å². The number of methoxy groups -OCH3 is 1. The van der Waals surface area contributed by atoms with Crippen molar-refractivity contribution >= 4 is 11.9 Å². The zero-order valence-electron chi connectivity index (χ0n) is 11.0. The van der Waals surface area contributed by atoms with Crippen LogP contribution in [0.5, 0.6) is 0 Å². The van der Waals surface area contributed by atoms with E-state index in [4.69, 9.17) is 9.47 Å². The van der Waals surface area contributed by atoms with Gasteiger partial charge in [-0.25, -0.2) is 4.79 Å². The van der Waals surface area contributed by atoms with Crippen LogP contribution in [0, 0.1) is 0 Å². The number of carbonyl (C=O) groups excluding carboxylic acids is 2. The zero-order chi connectivity index (χ0) is 13.1. The summed E-state index contributed by atoms with van der Waals surface area (Å²) in [7, 11) is 1.57. The van der Waals surface area contributed by atoms with Crippen LogP contribution < -0.4 is 0 Å². The smallest absolute Gasteiger partial charge is 0.329 e. The van der Waals surface area contributed by atoms with Gasteiger partial charge in [0.1, 0.15) is 11.6 Å². The van der Waals surface area contributed by atoms with Crippen molar-refractivity contribution < 1.29 is 19.1 Å². The predicted molar refractivity (Wildman–Crippen MR) is 62.5 cm³/mol. The summed E-state index contributed by atoms with van der Waals surface area (Å²) in [6.07, 6.45) is 0.949. The van der Waals surface area contributed by atoms with Gasteiger partial charge in [-0.15, -0.1) is 0 Å². The van der Waals surface area contributed by atoms with Gasteiger partial charge in [-0.1, -0.05) is 0 Å². The van der Waals surface area contributed by atoms with Gasteiger partial charge in [-0.05, 0) is 27.2 Å². The third-order valence-electron chi connectivity index (χ3n) is 2.54. The Balaban J connectivity index is 2.62. The first-order chi connectivity index (χ1) is 7.85. The van der Waals surface area contributed by atoms with Crippen LogP contribution in [0.15, 0.2) is 0 Å². The molecule has 1 rings (SSSR count). The van der Waals surface area contributed by atoms with Gasteiger partial charge in [0.25, 0.3) is 0 Å². The minimum Gasteiger partial charge on any atom is -0.458 e. The molecule has 1 fully saturated rings. The highest BCUT2D eigenvalue weighted by molar-refractivity contribution is 5.88. The van der Waals surface area contributed by atoms with Gasteiger partial charge in [0.05, 0.1) is 6.61 Å². The Bertz CT molecular complexity index is 295. The molecule has 0 radical (unpaired) electrons. The number of amides is 1. The highest BCUT2D eigenvalue weighted by atomic mass is 16.6. The highest BCUT2D eigenvalue weighted by Gasteiger charge is 2.38.